The molecule has 0 saturated heterocycles. The molecule has 0 radical (unpaired) electrons. The van der Waals surface area contributed by atoms with Gasteiger partial charge >= 0.3 is 0 Å². The Bertz CT molecular complexity index is 408. The van der Waals surface area contributed by atoms with E-state index in [1.165, 1.54) is 0 Å². The number of nitrogens with one attached hydrogen (secondary N) is 1. The molecule has 3 unspecified atom stereocenters. The van der Waals surface area contributed by atoms with Crippen LogP contribution in [0.4, 0.5) is 0 Å². The lowest BCUT2D eigenvalue weighted by Crippen LogP contribution is -2.34. The molecule has 104 valence electrons. The highest BCUT2D eigenvalue weighted by molar-refractivity contribution is 5.79. The van der Waals surface area contributed by atoms with Crippen LogP contribution in [0.2, 0.25) is 0 Å². The van der Waals surface area contributed by atoms with Crippen molar-refractivity contribution in [3.05, 3.63) is 35.9 Å². The summed E-state index contributed by atoms with van der Waals surface area (Å²) in [5.41, 5.74) is 6.91. The maximum absolute atomic E-state index is 12.0. The van der Waals surface area contributed by atoms with Crippen LogP contribution in [0.1, 0.15) is 30.9 Å². The van der Waals surface area contributed by atoms with Crippen LogP contribution in [0.25, 0.3) is 0 Å². The van der Waals surface area contributed by atoms with Crippen LogP contribution in [0.15, 0.2) is 30.3 Å². The third kappa shape index (κ3) is 3.78. The highest BCUT2D eigenvalue weighted by Crippen LogP contribution is 2.24. The molecule has 0 bridgehead atoms. The van der Waals surface area contributed by atoms with Crippen molar-refractivity contribution in [3.8, 4) is 0 Å². The van der Waals surface area contributed by atoms with Crippen LogP contribution in [0.3, 0.4) is 0 Å². The molecule has 0 aromatic heterocycles. The first-order valence-electron chi connectivity index (χ1n) is 6.81. The number of methoxy groups -OCH3 is 1. The maximum atomic E-state index is 12.0. The van der Waals surface area contributed by atoms with E-state index >= 15 is 0 Å². The molecule has 1 amide bonds. The van der Waals surface area contributed by atoms with Gasteiger partial charge in [0.15, 0.2) is 0 Å². The standard InChI is InChI=1S/C15H22N2O2/c1-19-14(11-5-3-2-4-6-11)10-17-15(18)12-7-8-13(16)9-12/h2-6,12-14H,7-10,16H2,1H3,(H,17,18). The van der Waals surface area contributed by atoms with Gasteiger partial charge < -0.3 is 15.8 Å². The average molecular weight is 262 g/mol. The molecule has 4 nitrogen and oxygen atoms in total. The van der Waals surface area contributed by atoms with E-state index < -0.39 is 0 Å². The van der Waals surface area contributed by atoms with Gasteiger partial charge in [-0.2, -0.15) is 0 Å². The average Bonchev–Trinajstić information content (AvgIpc) is 2.87. The summed E-state index contributed by atoms with van der Waals surface area (Å²) in [5, 5.41) is 2.98. The summed E-state index contributed by atoms with van der Waals surface area (Å²) in [6.45, 7) is 0.505. The molecule has 0 aliphatic heterocycles. The number of carbonyl (C=O) groups is 1. The van der Waals surface area contributed by atoms with E-state index in [4.69, 9.17) is 10.5 Å². The van der Waals surface area contributed by atoms with E-state index in [1.54, 1.807) is 7.11 Å². The Labute approximate surface area is 114 Å². The van der Waals surface area contributed by atoms with E-state index in [-0.39, 0.29) is 24.0 Å². The highest BCUT2D eigenvalue weighted by Gasteiger charge is 2.27. The molecular weight excluding hydrogens is 240 g/mol. The summed E-state index contributed by atoms with van der Waals surface area (Å²) in [6.07, 6.45) is 2.55. The van der Waals surface area contributed by atoms with Gasteiger partial charge in [-0.25, -0.2) is 0 Å². The predicted molar refractivity (Wildman–Crippen MR) is 74.5 cm³/mol. The molecule has 1 saturated carbocycles. The van der Waals surface area contributed by atoms with Crippen molar-refractivity contribution < 1.29 is 9.53 Å². The highest BCUT2D eigenvalue weighted by atomic mass is 16.5. The van der Waals surface area contributed by atoms with Crippen LogP contribution in [-0.2, 0) is 9.53 Å². The Morgan fingerprint density at radius 1 is 1.42 bits per heavy atom. The van der Waals surface area contributed by atoms with Gasteiger partial charge in [0.25, 0.3) is 0 Å². The Hall–Kier alpha value is -1.39. The number of carbonyl (C=O) groups excluding carboxylic acids is 1. The molecule has 19 heavy (non-hydrogen) atoms. The predicted octanol–water partition coefficient (Wildman–Crippen LogP) is 1.62. The summed E-state index contributed by atoms with van der Waals surface area (Å²) in [6, 6.07) is 10.1. The lowest BCUT2D eigenvalue weighted by molar-refractivity contribution is -0.125. The van der Waals surface area contributed by atoms with Gasteiger partial charge in [0.1, 0.15) is 0 Å². The van der Waals surface area contributed by atoms with E-state index in [1.807, 2.05) is 30.3 Å². The van der Waals surface area contributed by atoms with Gasteiger partial charge in [-0.1, -0.05) is 30.3 Å². The second kappa shape index (κ2) is 6.68. The van der Waals surface area contributed by atoms with Crippen LogP contribution < -0.4 is 11.1 Å². The molecule has 4 heteroatoms. The topological polar surface area (TPSA) is 64.3 Å². The summed E-state index contributed by atoms with van der Waals surface area (Å²) in [7, 11) is 1.66. The monoisotopic (exact) mass is 262 g/mol. The fourth-order valence-electron chi connectivity index (χ4n) is 2.60. The van der Waals surface area contributed by atoms with Crippen molar-refractivity contribution in [2.24, 2.45) is 11.7 Å². The minimum Gasteiger partial charge on any atom is -0.375 e. The minimum atomic E-state index is -0.0970. The third-order valence-electron chi connectivity index (χ3n) is 3.76. The van der Waals surface area contributed by atoms with Crippen molar-refractivity contribution in [3.63, 3.8) is 0 Å². The van der Waals surface area contributed by atoms with Crippen molar-refractivity contribution >= 4 is 5.91 Å². The molecule has 1 aliphatic rings. The molecule has 1 fully saturated rings. The largest absolute Gasteiger partial charge is 0.375 e. The number of nitrogens with two attached hydrogens (primary N) is 1. The molecule has 1 aromatic rings. The number of amides is 1. The first-order chi connectivity index (χ1) is 9.20. The van der Waals surface area contributed by atoms with Crippen LogP contribution in [0.5, 0.6) is 0 Å². The van der Waals surface area contributed by atoms with Crippen LogP contribution in [-0.4, -0.2) is 25.6 Å². The fourth-order valence-corrected chi connectivity index (χ4v) is 2.60. The lowest BCUT2D eigenvalue weighted by Gasteiger charge is -2.18. The Kier molecular flexibility index (Phi) is 4.93. The minimum absolute atomic E-state index is 0.0725. The van der Waals surface area contributed by atoms with Crippen molar-refractivity contribution in [2.45, 2.75) is 31.4 Å². The Morgan fingerprint density at radius 2 is 2.16 bits per heavy atom. The number of hydrogen-bond donors (Lipinski definition) is 2. The number of ether oxygens (including phenoxy) is 1. The molecule has 2 rings (SSSR count). The zero-order valence-electron chi connectivity index (χ0n) is 11.3. The van der Waals surface area contributed by atoms with E-state index in [0.717, 1.165) is 24.8 Å². The van der Waals surface area contributed by atoms with Gasteiger partial charge in [0, 0.05) is 25.6 Å². The zero-order chi connectivity index (χ0) is 13.7. The van der Waals surface area contributed by atoms with E-state index in [0.29, 0.717) is 6.54 Å². The molecule has 3 atom stereocenters. The first-order valence-corrected chi connectivity index (χ1v) is 6.81. The Morgan fingerprint density at radius 3 is 2.74 bits per heavy atom. The molecule has 3 N–H and O–H groups in total. The first kappa shape index (κ1) is 14.0. The summed E-state index contributed by atoms with van der Waals surface area (Å²) >= 11 is 0. The summed E-state index contributed by atoms with van der Waals surface area (Å²) in [4.78, 5) is 12.0. The van der Waals surface area contributed by atoms with E-state index in [2.05, 4.69) is 5.32 Å². The number of rotatable bonds is 5. The van der Waals surface area contributed by atoms with Gasteiger partial charge in [-0.15, -0.1) is 0 Å². The zero-order valence-corrected chi connectivity index (χ0v) is 11.3. The van der Waals surface area contributed by atoms with Gasteiger partial charge in [-0.05, 0) is 24.8 Å². The number of benzene rings is 1. The van der Waals surface area contributed by atoms with Crippen molar-refractivity contribution in [1.82, 2.24) is 5.32 Å². The lowest BCUT2D eigenvalue weighted by atomic mass is 10.1. The summed E-state index contributed by atoms with van der Waals surface area (Å²) < 4.78 is 5.43. The molecule has 0 spiro atoms. The number of hydrogen-bond acceptors (Lipinski definition) is 3. The van der Waals surface area contributed by atoms with Crippen molar-refractivity contribution in [2.75, 3.05) is 13.7 Å². The quantitative estimate of drug-likeness (QED) is 0.847. The van der Waals surface area contributed by atoms with Gasteiger partial charge in [0.2, 0.25) is 5.91 Å². The second-order valence-corrected chi connectivity index (χ2v) is 5.15. The summed E-state index contributed by atoms with van der Waals surface area (Å²) in [5.74, 6) is 0.175. The van der Waals surface area contributed by atoms with Gasteiger partial charge in [0.05, 0.1) is 6.10 Å². The van der Waals surface area contributed by atoms with Crippen LogP contribution in [0, 0.1) is 5.92 Å². The Balaban J connectivity index is 1.85. The molecular formula is C15H22N2O2. The maximum Gasteiger partial charge on any atom is 0.223 e. The molecule has 0 heterocycles. The smallest absolute Gasteiger partial charge is 0.223 e. The third-order valence-corrected chi connectivity index (χ3v) is 3.76. The fraction of sp³-hybridized carbons (Fsp3) is 0.533. The second-order valence-electron chi connectivity index (χ2n) is 5.15. The van der Waals surface area contributed by atoms with Crippen molar-refractivity contribution in [1.29, 1.82) is 0 Å². The normalized spacial score (nSPS) is 24.1. The molecule has 1 aromatic carbocycles. The van der Waals surface area contributed by atoms with E-state index in [9.17, 15) is 4.79 Å². The van der Waals surface area contributed by atoms with Gasteiger partial charge in [-0.3, -0.25) is 4.79 Å². The van der Waals surface area contributed by atoms with Crippen LogP contribution >= 0.6 is 0 Å². The SMILES string of the molecule is COC(CNC(=O)C1CCC(N)C1)c1ccccc1. The molecule has 1 aliphatic carbocycles.